The molecule has 2 aromatic rings. The van der Waals surface area contributed by atoms with Crippen LogP contribution < -0.4 is 5.73 Å². The Morgan fingerprint density at radius 1 is 1.22 bits per heavy atom. The first-order chi connectivity index (χ1) is 8.25. The molecular weight excluding hydrogens is 258 g/mol. The average molecular weight is 271 g/mol. The zero-order chi connectivity index (χ0) is 13.8. The van der Waals surface area contributed by atoms with Gasteiger partial charge in [-0.15, -0.1) is 0 Å². The molecule has 0 bridgehead atoms. The fourth-order valence-electron chi connectivity index (χ4n) is 1.22. The summed E-state index contributed by atoms with van der Waals surface area (Å²) in [4.78, 5) is 6.92. The van der Waals surface area contributed by atoms with Crippen molar-refractivity contribution in [2.24, 2.45) is 0 Å². The lowest BCUT2D eigenvalue weighted by molar-refractivity contribution is 0.381. The van der Waals surface area contributed by atoms with Crippen molar-refractivity contribution in [1.29, 1.82) is 0 Å². The van der Waals surface area contributed by atoms with Crippen LogP contribution >= 0.6 is 0 Å². The number of H-pyrrole nitrogens is 1. The third kappa shape index (κ3) is 5.43. The van der Waals surface area contributed by atoms with Gasteiger partial charge in [0.1, 0.15) is 0 Å². The molecule has 1 aromatic heterocycles. The molecular formula is C10H13N3O4S. The highest BCUT2D eigenvalue weighted by Gasteiger charge is 1.99. The third-order valence-electron chi connectivity index (χ3n) is 1.96. The van der Waals surface area contributed by atoms with E-state index in [1.807, 2.05) is 12.1 Å². The number of rotatable bonds is 1. The number of aromatic nitrogens is 2. The van der Waals surface area contributed by atoms with Crippen molar-refractivity contribution in [3.8, 4) is 11.3 Å². The molecule has 5 N–H and O–H groups in total. The van der Waals surface area contributed by atoms with Crippen molar-refractivity contribution in [2.45, 2.75) is 6.92 Å². The van der Waals surface area contributed by atoms with Crippen LogP contribution in [0.4, 0.5) is 5.95 Å². The van der Waals surface area contributed by atoms with Crippen molar-refractivity contribution in [3.63, 3.8) is 0 Å². The van der Waals surface area contributed by atoms with Crippen LogP contribution in [0.5, 0.6) is 0 Å². The maximum atomic E-state index is 8.74. The topological polar surface area (TPSA) is 129 Å². The van der Waals surface area contributed by atoms with Crippen LogP contribution in [0.1, 0.15) is 5.56 Å². The van der Waals surface area contributed by atoms with E-state index in [0.29, 0.717) is 5.95 Å². The predicted molar refractivity (Wildman–Crippen MR) is 67.4 cm³/mol. The molecule has 0 fully saturated rings. The van der Waals surface area contributed by atoms with Crippen molar-refractivity contribution >= 4 is 16.3 Å². The van der Waals surface area contributed by atoms with Gasteiger partial charge in [-0.05, 0) is 12.5 Å². The van der Waals surface area contributed by atoms with E-state index >= 15 is 0 Å². The van der Waals surface area contributed by atoms with E-state index in [2.05, 4.69) is 29.0 Å². The highest BCUT2D eigenvalue weighted by Crippen LogP contribution is 2.17. The number of nitrogen functional groups attached to an aromatic ring is 1. The van der Waals surface area contributed by atoms with Gasteiger partial charge >= 0.3 is 10.4 Å². The fraction of sp³-hybridized carbons (Fsp3) is 0.100. The normalized spacial score (nSPS) is 10.6. The number of benzene rings is 1. The summed E-state index contributed by atoms with van der Waals surface area (Å²) < 4.78 is 31.6. The van der Waals surface area contributed by atoms with Gasteiger partial charge in [-0.3, -0.25) is 9.11 Å². The number of aromatic amines is 1. The van der Waals surface area contributed by atoms with Crippen molar-refractivity contribution in [2.75, 3.05) is 5.73 Å². The van der Waals surface area contributed by atoms with E-state index in [1.54, 1.807) is 6.20 Å². The minimum Gasteiger partial charge on any atom is -0.369 e. The Balaban J connectivity index is 0.000000280. The molecule has 18 heavy (non-hydrogen) atoms. The lowest BCUT2D eigenvalue weighted by atomic mass is 10.1. The molecule has 7 nitrogen and oxygen atoms in total. The first-order valence-corrected chi connectivity index (χ1v) is 6.23. The van der Waals surface area contributed by atoms with Gasteiger partial charge in [0.25, 0.3) is 0 Å². The van der Waals surface area contributed by atoms with E-state index in [-0.39, 0.29) is 0 Å². The molecule has 0 amide bonds. The van der Waals surface area contributed by atoms with Gasteiger partial charge in [0, 0.05) is 0 Å². The summed E-state index contributed by atoms with van der Waals surface area (Å²) in [5.74, 6) is 0.454. The first-order valence-electron chi connectivity index (χ1n) is 4.83. The number of nitrogens with zero attached hydrogens (tertiary/aromatic N) is 1. The molecule has 2 rings (SSSR count). The van der Waals surface area contributed by atoms with Gasteiger partial charge in [-0.25, -0.2) is 4.98 Å². The second-order valence-electron chi connectivity index (χ2n) is 3.50. The molecule has 1 heterocycles. The van der Waals surface area contributed by atoms with Gasteiger partial charge < -0.3 is 10.7 Å². The van der Waals surface area contributed by atoms with Gasteiger partial charge in [-0.1, -0.05) is 29.8 Å². The predicted octanol–water partition coefficient (Wildman–Crippen LogP) is 1.31. The standard InChI is InChI=1S/C10H11N3.H2O4S/c1-7-2-4-8(5-3-7)9-6-12-10(11)13-9;1-5(2,3)4/h2-6H,1H3,(H3,11,12,13);(H2,1,2,3,4). The van der Waals surface area contributed by atoms with Crippen molar-refractivity contribution in [3.05, 3.63) is 36.0 Å². The number of aryl methyl sites for hydroxylation is 1. The quantitative estimate of drug-likeness (QED) is 0.579. The summed E-state index contributed by atoms with van der Waals surface area (Å²) in [7, 11) is -4.67. The molecule has 0 unspecified atom stereocenters. The molecule has 0 radical (unpaired) electrons. The van der Waals surface area contributed by atoms with Crippen molar-refractivity contribution < 1.29 is 17.5 Å². The lowest BCUT2D eigenvalue weighted by Crippen LogP contribution is -1.89. The number of anilines is 1. The highest BCUT2D eigenvalue weighted by atomic mass is 32.3. The molecule has 0 aliphatic carbocycles. The fourth-order valence-corrected chi connectivity index (χ4v) is 1.22. The van der Waals surface area contributed by atoms with Crippen LogP contribution in [0, 0.1) is 6.92 Å². The third-order valence-corrected chi connectivity index (χ3v) is 1.96. The number of hydrogen-bond donors (Lipinski definition) is 4. The highest BCUT2D eigenvalue weighted by molar-refractivity contribution is 7.79. The first kappa shape index (κ1) is 14.2. The number of hydrogen-bond acceptors (Lipinski definition) is 4. The Hall–Kier alpha value is -1.90. The second-order valence-corrected chi connectivity index (χ2v) is 4.39. The molecule has 1 aromatic carbocycles. The second kappa shape index (κ2) is 5.63. The SMILES string of the molecule is Cc1ccc(-c2cnc(N)[nH]2)cc1.O=S(=O)(O)O. The zero-order valence-electron chi connectivity index (χ0n) is 9.53. The molecule has 0 spiro atoms. The molecule has 0 aliphatic rings. The summed E-state index contributed by atoms with van der Waals surface area (Å²) >= 11 is 0. The monoisotopic (exact) mass is 271 g/mol. The van der Waals surface area contributed by atoms with Crippen LogP contribution in [-0.2, 0) is 10.4 Å². The van der Waals surface area contributed by atoms with Crippen LogP contribution in [0.3, 0.4) is 0 Å². The Labute approximate surface area is 104 Å². The van der Waals surface area contributed by atoms with E-state index in [4.69, 9.17) is 23.3 Å². The zero-order valence-corrected chi connectivity index (χ0v) is 10.3. The molecule has 0 saturated heterocycles. The van der Waals surface area contributed by atoms with E-state index in [9.17, 15) is 0 Å². The smallest absolute Gasteiger partial charge is 0.369 e. The molecule has 0 aliphatic heterocycles. The summed E-state index contributed by atoms with van der Waals surface area (Å²) in [5, 5.41) is 0. The van der Waals surface area contributed by atoms with E-state index in [0.717, 1.165) is 11.3 Å². The number of imidazole rings is 1. The van der Waals surface area contributed by atoms with Gasteiger partial charge in [0.2, 0.25) is 0 Å². The molecule has 98 valence electrons. The van der Waals surface area contributed by atoms with Gasteiger partial charge in [0.05, 0.1) is 11.9 Å². The summed E-state index contributed by atoms with van der Waals surface area (Å²) in [6.07, 6.45) is 1.74. The Bertz CT molecular complexity index is 596. The largest absolute Gasteiger partial charge is 0.394 e. The van der Waals surface area contributed by atoms with Crippen LogP contribution in [0.2, 0.25) is 0 Å². The minimum atomic E-state index is -4.67. The van der Waals surface area contributed by atoms with E-state index < -0.39 is 10.4 Å². The maximum absolute atomic E-state index is 8.74. The Morgan fingerprint density at radius 2 is 1.72 bits per heavy atom. The summed E-state index contributed by atoms with van der Waals surface area (Å²) in [5.41, 5.74) is 8.79. The maximum Gasteiger partial charge on any atom is 0.394 e. The number of nitrogens with one attached hydrogen (secondary N) is 1. The molecule has 8 heteroatoms. The lowest BCUT2D eigenvalue weighted by Gasteiger charge is -1.97. The molecule has 0 atom stereocenters. The van der Waals surface area contributed by atoms with E-state index in [1.165, 1.54) is 5.56 Å². The van der Waals surface area contributed by atoms with Crippen LogP contribution in [0.25, 0.3) is 11.3 Å². The summed E-state index contributed by atoms with van der Waals surface area (Å²) in [6, 6.07) is 8.21. The average Bonchev–Trinajstić information content (AvgIpc) is 2.63. The van der Waals surface area contributed by atoms with Gasteiger partial charge in [-0.2, -0.15) is 8.42 Å². The van der Waals surface area contributed by atoms with Crippen LogP contribution in [-0.4, -0.2) is 27.5 Å². The summed E-state index contributed by atoms with van der Waals surface area (Å²) in [6.45, 7) is 2.06. The minimum absolute atomic E-state index is 0.454. The van der Waals surface area contributed by atoms with Gasteiger partial charge in [0.15, 0.2) is 5.95 Å². The number of nitrogens with two attached hydrogens (primary N) is 1. The van der Waals surface area contributed by atoms with Crippen molar-refractivity contribution in [1.82, 2.24) is 9.97 Å². The molecule has 0 saturated carbocycles. The Kier molecular flexibility index (Phi) is 4.43. The van der Waals surface area contributed by atoms with Crippen LogP contribution in [0.15, 0.2) is 30.5 Å². The Morgan fingerprint density at radius 3 is 2.11 bits per heavy atom.